The molecule has 0 aromatic carbocycles. The van der Waals surface area contributed by atoms with Gasteiger partial charge in [0.2, 0.25) is 0 Å². The summed E-state index contributed by atoms with van der Waals surface area (Å²) in [4.78, 5) is 8.58. The van der Waals surface area contributed by atoms with E-state index >= 15 is 0 Å². The molecule has 2 rings (SSSR count). The second-order valence-corrected chi connectivity index (χ2v) is 4.09. The number of nitrogens with zero attached hydrogens (tertiary/aromatic N) is 3. The van der Waals surface area contributed by atoms with Gasteiger partial charge in [0.1, 0.15) is 11.3 Å². The summed E-state index contributed by atoms with van der Waals surface area (Å²) in [5.74, 6) is 0.924. The third kappa shape index (κ3) is 1.61. The SMILES string of the molecule is CC(N)c1nc2cnccc2n1C(C)C. The van der Waals surface area contributed by atoms with E-state index in [0.717, 1.165) is 16.9 Å². The first-order chi connectivity index (χ1) is 7.11. The molecule has 2 aromatic heterocycles. The zero-order valence-corrected chi connectivity index (χ0v) is 9.31. The molecule has 80 valence electrons. The van der Waals surface area contributed by atoms with Crippen LogP contribution in [0.25, 0.3) is 11.0 Å². The minimum atomic E-state index is -0.0557. The molecule has 0 aliphatic heterocycles. The Bertz CT molecular complexity index is 470. The van der Waals surface area contributed by atoms with E-state index in [2.05, 4.69) is 28.4 Å². The summed E-state index contributed by atoms with van der Waals surface area (Å²) in [5.41, 5.74) is 7.93. The van der Waals surface area contributed by atoms with Gasteiger partial charge in [0.05, 0.1) is 17.8 Å². The van der Waals surface area contributed by atoms with Crippen LogP contribution in [-0.4, -0.2) is 14.5 Å². The van der Waals surface area contributed by atoms with Gasteiger partial charge >= 0.3 is 0 Å². The Morgan fingerprint density at radius 1 is 1.33 bits per heavy atom. The van der Waals surface area contributed by atoms with Gasteiger partial charge in [-0.25, -0.2) is 4.98 Å². The van der Waals surface area contributed by atoms with Crippen LogP contribution in [0, 0.1) is 0 Å². The van der Waals surface area contributed by atoms with Crippen LogP contribution in [0.5, 0.6) is 0 Å². The Labute approximate surface area is 89.1 Å². The first-order valence-corrected chi connectivity index (χ1v) is 5.18. The summed E-state index contributed by atoms with van der Waals surface area (Å²) in [6, 6.07) is 2.28. The number of fused-ring (bicyclic) bond motifs is 1. The second-order valence-electron chi connectivity index (χ2n) is 4.09. The molecular formula is C11H16N4. The second kappa shape index (κ2) is 3.62. The van der Waals surface area contributed by atoms with Crippen LogP contribution < -0.4 is 5.73 Å². The van der Waals surface area contributed by atoms with Gasteiger partial charge in [-0.3, -0.25) is 4.98 Å². The molecule has 0 saturated carbocycles. The third-order valence-corrected chi connectivity index (χ3v) is 2.44. The van der Waals surface area contributed by atoms with Gasteiger partial charge in [0, 0.05) is 12.2 Å². The fourth-order valence-corrected chi connectivity index (χ4v) is 1.83. The van der Waals surface area contributed by atoms with E-state index in [1.165, 1.54) is 0 Å². The van der Waals surface area contributed by atoms with Crippen LogP contribution in [0.1, 0.15) is 38.7 Å². The van der Waals surface area contributed by atoms with Crippen molar-refractivity contribution < 1.29 is 0 Å². The number of hydrogen-bond donors (Lipinski definition) is 1. The number of aromatic nitrogens is 3. The molecule has 0 amide bonds. The number of pyridine rings is 1. The third-order valence-electron chi connectivity index (χ3n) is 2.44. The summed E-state index contributed by atoms with van der Waals surface area (Å²) >= 11 is 0. The Hall–Kier alpha value is -1.42. The predicted octanol–water partition coefficient (Wildman–Crippen LogP) is 2.03. The Morgan fingerprint density at radius 3 is 2.67 bits per heavy atom. The van der Waals surface area contributed by atoms with E-state index in [1.54, 1.807) is 12.4 Å². The van der Waals surface area contributed by atoms with Crippen molar-refractivity contribution >= 4 is 11.0 Å². The zero-order valence-electron chi connectivity index (χ0n) is 9.31. The maximum atomic E-state index is 5.91. The van der Waals surface area contributed by atoms with Gasteiger partial charge in [0.15, 0.2) is 0 Å². The molecule has 1 unspecified atom stereocenters. The molecule has 0 fully saturated rings. The van der Waals surface area contributed by atoms with Crippen molar-refractivity contribution in [2.45, 2.75) is 32.9 Å². The van der Waals surface area contributed by atoms with Gasteiger partial charge in [-0.05, 0) is 26.8 Å². The summed E-state index contributed by atoms with van der Waals surface area (Å²) in [6.45, 7) is 6.22. The van der Waals surface area contributed by atoms with Crippen LogP contribution in [0.3, 0.4) is 0 Å². The molecule has 0 aliphatic rings. The summed E-state index contributed by atoms with van der Waals surface area (Å²) in [7, 11) is 0. The number of rotatable bonds is 2. The first kappa shape index (κ1) is 10.1. The lowest BCUT2D eigenvalue weighted by atomic mass is 10.3. The van der Waals surface area contributed by atoms with E-state index < -0.39 is 0 Å². The highest BCUT2D eigenvalue weighted by atomic mass is 15.1. The Kier molecular flexibility index (Phi) is 2.44. The normalized spacial score (nSPS) is 13.7. The molecule has 4 heteroatoms. The molecular weight excluding hydrogens is 188 g/mol. The molecule has 2 N–H and O–H groups in total. The van der Waals surface area contributed by atoms with E-state index in [4.69, 9.17) is 5.73 Å². The Morgan fingerprint density at radius 2 is 2.07 bits per heavy atom. The van der Waals surface area contributed by atoms with Gasteiger partial charge in [0.25, 0.3) is 0 Å². The molecule has 1 atom stereocenters. The largest absolute Gasteiger partial charge is 0.324 e. The zero-order chi connectivity index (χ0) is 11.0. The van der Waals surface area contributed by atoms with Gasteiger partial charge in [-0.15, -0.1) is 0 Å². The van der Waals surface area contributed by atoms with Crippen molar-refractivity contribution in [3.8, 4) is 0 Å². The number of imidazole rings is 1. The molecule has 0 saturated heterocycles. The Balaban J connectivity index is 2.75. The average Bonchev–Trinajstić information content (AvgIpc) is 2.56. The molecule has 4 nitrogen and oxygen atoms in total. The van der Waals surface area contributed by atoms with E-state index in [0.29, 0.717) is 6.04 Å². The topological polar surface area (TPSA) is 56.7 Å². The quantitative estimate of drug-likeness (QED) is 0.814. The molecule has 0 aliphatic carbocycles. The minimum absolute atomic E-state index is 0.0557. The van der Waals surface area contributed by atoms with Crippen LogP contribution in [0.4, 0.5) is 0 Å². The van der Waals surface area contributed by atoms with E-state index in [9.17, 15) is 0 Å². The summed E-state index contributed by atoms with van der Waals surface area (Å²) in [5, 5.41) is 0. The lowest BCUT2D eigenvalue weighted by molar-refractivity contribution is 0.558. The standard InChI is InChI=1S/C11H16N4/c1-7(2)15-10-4-5-13-6-9(10)14-11(15)8(3)12/h4-8H,12H2,1-3H3. The smallest absolute Gasteiger partial charge is 0.126 e. The maximum absolute atomic E-state index is 5.91. The average molecular weight is 204 g/mol. The van der Waals surface area contributed by atoms with Crippen molar-refractivity contribution in [2.75, 3.05) is 0 Å². The fraction of sp³-hybridized carbons (Fsp3) is 0.455. The summed E-state index contributed by atoms with van der Waals surface area (Å²) < 4.78 is 2.17. The predicted molar refractivity (Wildman–Crippen MR) is 60.5 cm³/mol. The fourth-order valence-electron chi connectivity index (χ4n) is 1.83. The highest BCUT2D eigenvalue weighted by molar-refractivity contribution is 5.75. The van der Waals surface area contributed by atoms with E-state index in [1.807, 2.05) is 13.0 Å². The van der Waals surface area contributed by atoms with Crippen molar-refractivity contribution in [2.24, 2.45) is 5.73 Å². The van der Waals surface area contributed by atoms with Crippen molar-refractivity contribution in [3.05, 3.63) is 24.3 Å². The lowest BCUT2D eigenvalue weighted by Crippen LogP contribution is -2.14. The maximum Gasteiger partial charge on any atom is 0.126 e. The van der Waals surface area contributed by atoms with Gasteiger partial charge in [-0.1, -0.05) is 0 Å². The monoisotopic (exact) mass is 204 g/mol. The molecule has 0 radical (unpaired) electrons. The van der Waals surface area contributed by atoms with Crippen LogP contribution >= 0.6 is 0 Å². The lowest BCUT2D eigenvalue weighted by Gasteiger charge is -2.14. The minimum Gasteiger partial charge on any atom is -0.324 e. The number of nitrogens with two attached hydrogens (primary N) is 1. The first-order valence-electron chi connectivity index (χ1n) is 5.18. The van der Waals surface area contributed by atoms with Crippen LogP contribution in [0.15, 0.2) is 18.5 Å². The highest BCUT2D eigenvalue weighted by Gasteiger charge is 2.15. The van der Waals surface area contributed by atoms with Crippen molar-refractivity contribution in [3.63, 3.8) is 0 Å². The number of hydrogen-bond acceptors (Lipinski definition) is 3. The molecule has 15 heavy (non-hydrogen) atoms. The summed E-state index contributed by atoms with van der Waals surface area (Å²) in [6.07, 6.45) is 3.56. The van der Waals surface area contributed by atoms with E-state index in [-0.39, 0.29) is 6.04 Å². The molecule has 2 aromatic rings. The van der Waals surface area contributed by atoms with Crippen molar-refractivity contribution in [1.29, 1.82) is 0 Å². The van der Waals surface area contributed by atoms with Crippen LogP contribution in [0.2, 0.25) is 0 Å². The van der Waals surface area contributed by atoms with Crippen LogP contribution in [-0.2, 0) is 0 Å². The highest BCUT2D eigenvalue weighted by Crippen LogP contribution is 2.22. The van der Waals surface area contributed by atoms with Gasteiger partial charge in [-0.2, -0.15) is 0 Å². The van der Waals surface area contributed by atoms with Crippen molar-refractivity contribution in [1.82, 2.24) is 14.5 Å². The van der Waals surface area contributed by atoms with Gasteiger partial charge < -0.3 is 10.3 Å². The molecule has 2 heterocycles. The molecule has 0 bridgehead atoms. The molecule has 0 spiro atoms.